The number of sulfonamides is 1. The number of nitrogens with one attached hydrogen (secondary N) is 1. The SMILES string of the molecule is Cc1cccc2c1[C@@H](C)C[C@H]2NC1CCN(S(=O)(=O)C2CC2)CC1. The molecule has 2 atom stereocenters. The second-order valence-corrected chi connectivity index (χ2v) is 10.1. The number of piperidine rings is 1. The van der Waals surface area contributed by atoms with Crippen molar-refractivity contribution in [1.29, 1.82) is 0 Å². The Morgan fingerprint density at radius 1 is 1.12 bits per heavy atom. The van der Waals surface area contributed by atoms with Crippen LogP contribution >= 0.6 is 0 Å². The normalized spacial score (nSPS) is 28.9. The molecule has 24 heavy (non-hydrogen) atoms. The summed E-state index contributed by atoms with van der Waals surface area (Å²) in [5, 5.41) is 3.75. The van der Waals surface area contributed by atoms with Gasteiger partial charge in [-0.15, -0.1) is 0 Å². The standard InChI is InChI=1S/C19H28N2O2S/c1-13-4-3-5-17-18(12-14(2)19(13)17)20-15-8-10-21(11-9-15)24(22,23)16-6-7-16/h3-5,14-16,18,20H,6-12H2,1-2H3/t14-,18+/m0/s1. The predicted octanol–water partition coefficient (Wildman–Crippen LogP) is 3.09. The molecule has 1 N–H and O–H groups in total. The van der Waals surface area contributed by atoms with Gasteiger partial charge in [-0.3, -0.25) is 0 Å². The van der Waals surface area contributed by atoms with Crippen LogP contribution in [0.3, 0.4) is 0 Å². The maximum atomic E-state index is 12.3. The molecule has 5 heteroatoms. The summed E-state index contributed by atoms with van der Waals surface area (Å²) < 4.78 is 26.4. The lowest BCUT2D eigenvalue weighted by Gasteiger charge is -2.33. The highest BCUT2D eigenvalue weighted by Crippen LogP contribution is 2.42. The molecule has 132 valence electrons. The minimum absolute atomic E-state index is 0.0763. The van der Waals surface area contributed by atoms with Gasteiger partial charge in [0.25, 0.3) is 0 Å². The van der Waals surface area contributed by atoms with Crippen LogP contribution in [0.4, 0.5) is 0 Å². The first kappa shape index (κ1) is 16.6. The number of benzene rings is 1. The van der Waals surface area contributed by atoms with E-state index in [2.05, 4.69) is 37.4 Å². The van der Waals surface area contributed by atoms with E-state index in [1.54, 1.807) is 4.31 Å². The summed E-state index contributed by atoms with van der Waals surface area (Å²) in [6.07, 6.45) is 4.73. The van der Waals surface area contributed by atoms with Crippen LogP contribution in [-0.2, 0) is 10.0 Å². The third-order valence-electron chi connectivity index (χ3n) is 6.01. The Hall–Kier alpha value is -0.910. The zero-order chi connectivity index (χ0) is 16.9. The molecule has 0 amide bonds. The average molecular weight is 349 g/mol. The van der Waals surface area contributed by atoms with Crippen LogP contribution in [0.1, 0.15) is 67.7 Å². The molecule has 2 aliphatic carbocycles. The van der Waals surface area contributed by atoms with Crippen LogP contribution in [0.25, 0.3) is 0 Å². The Bertz CT molecular complexity index is 719. The van der Waals surface area contributed by atoms with Crippen molar-refractivity contribution in [2.75, 3.05) is 13.1 Å². The van der Waals surface area contributed by atoms with Crippen molar-refractivity contribution in [3.8, 4) is 0 Å². The highest BCUT2D eigenvalue weighted by molar-refractivity contribution is 7.90. The van der Waals surface area contributed by atoms with Gasteiger partial charge in [-0.2, -0.15) is 0 Å². The van der Waals surface area contributed by atoms with Crippen LogP contribution in [0.15, 0.2) is 18.2 Å². The predicted molar refractivity (Wildman–Crippen MR) is 96.6 cm³/mol. The maximum absolute atomic E-state index is 12.3. The molecule has 3 aliphatic rings. The molecule has 1 heterocycles. The summed E-state index contributed by atoms with van der Waals surface area (Å²) in [7, 11) is -3.00. The minimum Gasteiger partial charge on any atom is -0.307 e. The Kier molecular flexibility index (Phi) is 4.22. The van der Waals surface area contributed by atoms with Crippen LogP contribution < -0.4 is 5.32 Å². The molecule has 0 bridgehead atoms. The second-order valence-electron chi connectivity index (χ2n) is 7.85. The van der Waals surface area contributed by atoms with E-state index in [4.69, 9.17) is 0 Å². The highest BCUT2D eigenvalue weighted by atomic mass is 32.2. The molecule has 0 aromatic heterocycles. The molecule has 1 aliphatic heterocycles. The number of hydrogen-bond donors (Lipinski definition) is 1. The molecular weight excluding hydrogens is 320 g/mol. The summed E-state index contributed by atoms with van der Waals surface area (Å²) in [5.74, 6) is 0.606. The quantitative estimate of drug-likeness (QED) is 0.910. The van der Waals surface area contributed by atoms with Gasteiger partial charge in [0.1, 0.15) is 0 Å². The van der Waals surface area contributed by atoms with Crippen molar-refractivity contribution in [2.24, 2.45) is 0 Å². The Morgan fingerprint density at radius 2 is 1.83 bits per heavy atom. The minimum atomic E-state index is -3.00. The number of hydrogen-bond acceptors (Lipinski definition) is 3. The van der Waals surface area contributed by atoms with E-state index in [0.29, 0.717) is 31.1 Å². The smallest absolute Gasteiger partial charge is 0.216 e. The van der Waals surface area contributed by atoms with Crippen LogP contribution in [0.5, 0.6) is 0 Å². The number of fused-ring (bicyclic) bond motifs is 1. The lowest BCUT2D eigenvalue weighted by Crippen LogP contribution is -2.46. The number of aryl methyl sites for hydroxylation is 1. The fourth-order valence-corrected chi connectivity index (χ4v) is 6.45. The van der Waals surface area contributed by atoms with E-state index < -0.39 is 10.0 Å². The Balaban J connectivity index is 1.39. The van der Waals surface area contributed by atoms with Gasteiger partial charge >= 0.3 is 0 Å². The summed E-state index contributed by atoms with van der Waals surface area (Å²) in [5.41, 5.74) is 4.37. The second kappa shape index (κ2) is 6.11. The lowest BCUT2D eigenvalue weighted by molar-refractivity contribution is 0.271. The first-order chi connectivity index (χ1) is 11.5. The van der Waals surface area contributed by atoms with Gasteiger partial charge in [0.05, 0.1) is 5.25 Å². The summed E-state index contributed by atoms with van der Waals surface area (Å²) in [6.45, 7) is 5.89. The topological polar surface area (TPSA) is 49.4 Å². The lowest BCUT2D eigenvalue weighted by atomic mass is 9.98. The molecular formula is C19H28N2O2S. The van der Waals surface area contributed by atoms with Gasteiger partial charge in [0.2, 0.25) is 10.0 Å². The Morgan fingerprint density at radius 3 is 2.50 bits per heavy atom. The van der Waals surface area contributed by atoms with Crippen molar-refractivity contribution in [2.45, 2.75) is 69.2 Å². The Labute approximate surface area is 145 Å². The van der Waals surface area contributed by atoms with Crippen molar-refractivity contribution >= 4 is 10.0 Å². The molecule has 1 aromatic rings. The molecule has 0 spiro atoms. The van der Waals surface area contributed by atoms with E-state index >= 15 is 0 Å². The first-order valence-electron chi connectivity index (χ1n) is 9.31. The fraction of sp³-hybridized carbons (Fsp3) is 0.684. The van der Waals surface area contributed by atoms with Gasteiger partial charge in [0.15, 0.2) is 0 Å². The highest BCUT2D eigenvalue weighted by Gasteiger charge is 2.41. The van der Waals surface area contributed by atoms with Crippen LogP contribution in [0, 0.1) is 6.92 Å². The monoisotopic (exact) mass is 348 g/mol. The van der Waals surface area contributed by atoms with Crippen LogP contribution in [-0.4, -0.2) is 37.1 Å². The zero-order valence-electron chi connectivity index (χ0n) is 14.7. The molecule has 1 saturated carbocycles. The first-order valence-corrected chi connectivity index (χ1v) is 10.8. The zero-order valence-corrected chi connectivity index (χ0v) is 15.5. The van der Waals surface area contributed by atoms with Crippen LogP contribution in [0.2, 0.25) is 0 Å². The molecule has 1 aromatic carbocycles. The number of rotatable bonds is 4. The molecule has 1 saturated heterocycles. The molecule has 0 radical (unpaired) electrons. The van der Waals surface area contributed by atoms with Crippen molar-refractivity contribution < 1.29 is 8.42 Å². The van der Waals surface area contributed by atoms with E-state index in [1.165, 1.54) is 16.7 Å². The summed E-state index contributed by atoms with van der Waals surface area (Å²) in [6, 6.07) is 7.48. The van der Waals surface area contributed by atoms with Gasteiger partial charge in [-0.25, -0.2) is 12.7 Å². The average Bonchev–Trinajstić information content (AvgIpc) is 3.35. The molecule has 2 fully saturated rings. The van der Waals surface area contributed by atoms with Crippen molar-refractivity contribution in [3.05, 3.63) is 34.9 Å². The van der Waals surface area contributed by atoms with E-state index in [0.717, 1.165) is 32.1 Å². The van der Waals surface area contributed by atoms with Gasteiger partial charge in [-0.1, -0.05) is 25.1 Å². The maximum Gasteiger partial charge on any atom is 0.216 e. The summed E-state index contributed by atoms with van der Waals surface area (Å²) >= 11 is 0. The van der Waals surface area contributed by atoms with E-state index in [9.17, 15) is 8.42 Å². The van der Waals surface area contributed by atoms with E-state index in [-0.39, 0.29) is 5.25 Å². The van der Waals surface area contributed by atoms with E-state index in [1.807, 2.05) is 0 Å². The third kappa shape index (κ3) is 2.91. The fourth-order valence-electron chi connectivity index (χ4n) is 4.57. The van der Waals surface area contributed by atoms with Gasteiger partial charge in [-0.05, 0) is 61.6 Å². The van der Waals surface area contributed by atoms with Gasteiger partial charge < -0.3 is 5.32 Å². The van der Waals surface area contributed by atoms with Crippen molar-refractivity contribution in [3.63, 3.8) is 0 Å². The molecule has 0 unspecified atom stereocenters. The molecule has 4 rings (SSSR count). The van der Waals surface area contributed by atoms with Crippen molar-refractivity contribution in [1.82, 2.24) is 9.62 Å². The largest absolute Gasteiger partial charge is 0.307 e. The van der Waals surface area contributed by atoms with Gasteiger partial charge in [0, 0.05) is 25.2 Å². The third-order valence-corrected chi connectivity index (χ3v) is 8.41. The number of nitrogens with zero attached hydrogens (tertiary/aromatic N) is 1. The molecule has 4 nitrogen and oxygen atoms in total. The summed E-state index contributed by atoms with van der Waals surface area (Å²) in [4.78, 5) is 0.